The fourth-order valence-electron chi connectivity index (χ4n) is 4.08. The van der Waals surface area contributed by atoms with Crippen LogP contribution in [0.2, 0.25) is 0 Å². The molecule has 0 amide bonds. The number of carbonyl (C=O) groups excluding carboxylic acids is 1. The molecule has 32 heavy (non-hydrogen) atoms. The number of hydrogen-bond donors (Lipinski definition) is 1. The molecule has 0 saturated carbocycles. The van der Waals surface area contributed by atoms with Crippen LogP contribution in [0.3, 0.4) is 0 Å². The van der Waals surface area contributed by atoms with Gasteiger partial charge in [0, 0.05) is 19.0 Å². The van der Waals surface area contributed by atoms with Crippen LogP contribution >= 0.6 is 0 Å². The van der Waals surface area contributed by atoms with Gasteiger partial charge in [-0.2, -0.15) is 0 Å². The second-order valence-electron chi connectivity index (χ2n) is 7.77. The summed E-state index contributed by atoms with van der Waals surface area (Å²) in [5, 5.41) is 9.30. The van der Waals surface area contributed by atoms with E-state index in [-0.39, 0.29) is 18.9 Å². The van der Waals surface area contributed by atoms with Crippen molar-refractivity contribution in [3.8, 4) is 0 Å². The van der Waals surface area contributed by atoms with Crippen molar-refractivity contribution in [3.05, 3.63) is 95.9 Å². The average molecular weight is 436 g/mol. The Morgan fingerprint density at radius 2 is 1.66 bits per heavy atom. The smallest absolute Gasteiger partial charge is 0.310 e. The first-order valence-corrected chi connectivity index (χ1v) is 10.7. The summed E-state index contributed by atoms with van der Waals surface area (Å²) in [6.07, 6.45) is 1.57. The number of esters is 1. The summed E-state index contributed by atoms with van der Waals surface area (Å²) in [4.78, 5) is 26.4. The Balaban J connectivity index is 2.09. The number of hydrogen-bond acceptors (Lipinski definition) is 5. The van der Waals surface area contributed by atoms with Gasteiger partial charge in [0.05, 0.1) is 25.3 Å². The zero-order valence-electron chi connectivity index (χ0n) is 18.4. The van der Waals surface area contributed by atoms with E-state index in [0.29, 0.717) is 12.3 Å². The van der Waals surface area contributed by atoms with E-state index in [1.807, 2.05) is 66.7 Å². The third-order valence-electron chi connectivity index (χ3n) is 5.73. The maximum Gasteiger partial charge on any atom is 0.310 e. The lowest BCUT2D eigenvalue weighted by molar-refractivity contribution is -0.150. The molecule has 0 aliphatic carbocycles. The van der Waals surface area contributed by atoms with Crippen molar-refractivity contribution < 1.29 is 23.8 Å². The molecule has 1 heterocycles. The number of methoxy groups -OCH3 is 1. The van der Waals surface area contributed by atoms with E-state index in [1.165, 1.54) is 7.11 Å². The second-order valence-corrected chi connectivity index (χ2v) is 7.77. The predicted molar refractivity (Wildman–Crippen MR) is 121 cm³/mol. The molecule has 168 valence electrons. The number of aliphatic carboxylic acids is 1. The summed E-state index contributed by atoms with van der Waals surface area (Å²) in [5.41, 5.74) is 2.16. The fourth-order valence-corrected chi connectivity index (χ4v) is 4.08. The molecule has 0 fully saturated rings. The molecule has 3 rings (SSSR count). The van der Waals surface area contributed by atoms with E-state index < -0.39 is 23.9 Å². The Hall–Kier alpha value is -3.38. The van der Waals surface area contributed by atoms with Gasteiger partial charge in [0.1, 0.15) is 5.76 Å². The molecule has 6 heteroatoms. The summed E-state index contributed by atoms with van der Waals surface area (Å²) in [7, 11) is 1.33. The standard InChI is InChI=1S/C26H29NO5/c1-19(21-12-7-4-8-13-21)27(18-20-10-5-3-6-11-20)25(23-14-9-17-32-23)22(26(30)31-2)15-16-24(28)29/h3-14,17,19,22,25H,15-16,18H2,1-2H3,(H,28,29)/t19-,22+,25?/m1/s1. The minimum atomic E-state index is -0.956. The highest BCUT2D eigenvalue weighted by atomic mass is 16.5. The molecule has 6 nitrogen and oxygen atoms in total. The monoisotopic (exact) mass is 435 g/mol. The number of furan rings is 1. The van der Waals surface area contributed by atoms with Gasteiger partial charge in [-0.25, -0.2) is 0 Å². The molecule has 3 atom stereocenters. The molecule has 0 spiro atoms. The fraction of sp³-hybridized carbons (Fsp3) is 0.308. The summed E-state index contributed by atoms with van der Waals surface area (Å²) in [6, 6.07) is 23.0. The van der Waals surface area contributed by atoms with E-state index in [2.05, 4.69) is 11.8 Å². The number of rotatable bonds is 11. The molecule has 1 N–H and O–H groups in total. The van der Waals surface area contributed by atoms with Crippen LogP contribution in [0.5, 0.6) is 0 Å². The molecule has 1 unspecified atom stereocenters. The first kappa shape index (κ1) is 23.3. The van der Waals surface area contributed by atoms with Crippen LogP contribution in [-0.4, -0.2) is 29.1 Å². The maximum absolute atomic E-state index is 12.9. The van der Waals surface area contributed by atoms with Gasteiger partial charge in [-0.05, 0) is 36.6 Å². The lowest BCUT2D eigenvalue weighted by Crippen LogP contribution is -2.39. The third kappa shape index (κ3) is 5.86. The lowest BCUT2D eigenvalue weighted by Gasteiger charge is -2.39. The second kappa shape index (κ2) is 11.3. The Bertz CT molecular complexity index is 972. The molecule has 0 aliphatic rings. The van der Waals surface area contributed by atoms with Crippen molar-refractivity contribution in [2.75, 3.05) is 7.11 Å². The molecule has 0 aliphatic heterocycles. The van der Waals surface area contributed by atoms with Crippen LogP contribution in [0.4, 0.5) is 0 Å². The minimum absolute atomic E-state index is 0.0801. The molecular weight excluding hydrogens is 406 g/mol. The molecule has 2 aromatic carbocycles. The summed E-state index contributed by atoms with van der Waals surface area (Å²) >= 11 is 0. The average Bonchev–Trinajstić information content (AvgIpc) is 3.35. The zero-order chi connectivity index (χ0) is 22.9. The highest BCUT2D eigenvalue weighted by Gasteiger charge is 2.39. The van der Waals surface area contributed by atoms with Gasteiger partial charge in [-0.15, -0.1) is 0 Å². The molecule has 0 saturated heterocycles. The number of carboxylic acid groups (broad SMARTS) is 1. The van der Waals surface area contributed by atoms with E-state index in [0.717, 1.165) is 11.1 Å². The quantitative estimate of drug-likeness (QED) is 0.415. The Kier molecular flexibility index (Phi) is 8.22. The SMILES string of the molecule is COC(=O)[C@@H](CCC(=O)O)C(c1ccco1)N(Cc1ccccc1)[C@H](C)c1ccccc1. The Morgan fingerprint density at radius 3 is 2.22 bits per heavy atom. The number of ether oxygens (including phenoxy) is 1. The largest absolute Gasteiger partial charge is 0.481 e. The van der Waals surface area contributed by atoms with Gasteiger partial charge in [0.2, 0.25) is 0 Å². The number of nitrogens with zero attached hydrogens (tertiary/aromatic N) is 1. The van der Waals surface area contributed by atoms with Gasteiger partial charge in [0.15, 0.2) is 0 Å². The van der Waals surface area contributed by atoms with Crippen LogP contribution in [0, 0.1) is 5.92 Å². The summed E-state index contributed by atoms with van der Waals surface area (Å²) < 4.78 is 10.9. The van der Waals surface area contributed by atoms with Crippen LogP contribution in [-0.2, 0) is 20.9 Å². The van der Waals surface area contributed by atoms with Crippen molar-refractivity contribution in [2.45, 2.75) is 38.4 Å². The van der Waals surface area contributed by atoms with Gasteiger partial charge in [-0.3, -0.25) is 14.5 Å². The van der Waals surface area contributed by atoms with Crippen molar-refractivity contribution in [1.29, 1.82) is 0 Å². The first-order valence-electron chi connectivity index (χ1n) is 10.7. The Labute approximate surface area is 188 Å². The predicted octanol–water partition coefficient (Wildman–Crippen LogP) is 5.24. The van der Waals surface area contributed by atoms with Crippen LogP contribution in [0.15, 0.2) is 83.5 Å². The zero-order valence-corrected chi connectivity index (χ0v) is 18.4. The number of carboxylic acids is 1. The highest BCUT2D eigenvalue weighted by molar-refractivity contribution is 5.75. The number of benzene rings is 2. The van der Waals surface area contributed by atoms with Crippen LogP contribution in [0.25, 0.3) is 0 Å². The van der Waals surface area contributed by atoms with Gasteiger partial charge < -0.3 is 14.3 Å². The molecular formula is C26H29NO5. The summed E-state index contributed by atoms with van der Waals surface area (Å²) in [6.45, 7) is 2.63. The van der Waals surface area contributed by atoms with Gasteiger partial charge in [0.25, 0.3) is 0 Å². The van der Waals surface area contributed by atoms with Crippen molar-refractivity contribution in [3.63, 3.8) is 0 Å². The molecule has 0 bridgehead atoms. The topological polar surface area (TPSA) is 80.0 Å². The third-order valence-corrected chi connectivity index (χ3v) is 5.73. The minimum Gasteiger partial charge on any atom is -0.481 e. The molecule has 0 radical (unpaired) electrons. The van der Waals surface area contributed by atoms with Crippen LogP contribution < -0.4 is 0 Å². The highest BCUT2D eigenvalue weighted by Crippen LogP contribution is 2.39. The van der Waals surface area contributed by atoms with E-state index in [1.54, 1.807) is 12.3 Å². The van der Waals surface area contributed by atoms with Crippen molar-refractivity contribution >= 4 is 11.9 Å². The Morgan fingerprint density at radius 1 is 1.00 bits per heavy atom. The lowest BCUT2D eigenvalue weighted by atomic mass is 9.89. The van der Waals surface area contributed by atoms with Crippen molar-refractivity contribution in [2.24, 2.45) is 5.92 Å². The summed E-state index contributed by atoms with van der Waals surface area (Å²) in [5.74, 6) is -1.52. The van der Waals surface area contributed by atoms with Crippen molar-refractivity contribution in [1.82, 2.24) is 4.90 Å². The van der Waals surface area contributed by atoms with E-state index >= 15 is 0 Å². The van der Waals surface area contributed by atoms with E-state index in [9.17, 15) is 14.7 Å². The molecule has 3 aromatic rings. The van der Waals surface area contributed by atoms with Gasteiger partial charge >= 0.3 is 11.9 Å². The normalized spacial score (nSPS) is 14.0. The molecule has 1 aromatic heterocycles. The van der Waals surface area contributed by atoms with Crippen LogP contribution in [0.1, 0.15) is 48.7 Å². The van der Waals surface area contributed by atoms with Gasteiger partial charge in [-0.1, -0.05) is 60.7 Å². The van der Waals surface area contributed by atoms with E-state index in [4.69, 9.17) is 9.15 Å². The maximum atomic E-state index is 12.9. The number of carbonyl (C=O) groups is 2. The first-order chi connectivity index (χ1) is 15.5.